The molecule has 0 saturated carbocycles. The number of carboxylic acids is 1. The van der Waals surface area contributed by atoms with Crippen LogP contribution in [0, 0.1) is 0 Å². The van der Waals surface area contributed by atoms with Gasteiger partial charge in [-0.15, -0.1) is 0 Å². The number of aromatic nitrogens is 1. The van der Waals surface area contributed by atoms with Gasteiger partial charge in [-0.25, -0.2) is 9.59 Å². The summed E-state index contributed by atoms with van der Waals surface area (Å²) in [7, 11) is 0. The highest BCUT2D eigenvalue weighted by Gasteiger charge is 2.33. The van der Waals surface area contributed by atoms with E-state index in [0.717, 1.165) is 10.9 Å². The molecule has 0 bridgehead atoms. The van der Waals surface area contributed by atoms with Gasteiger partial charge in [-0.1, -0.05) is 29.8 Å². The van der Waals surface area contributed by atoms with Crippen molar-refractivity contribution in [2.75, 3.05) is 0 Å². The average Bonchev–Trinajstić information content (AvgIpc) is 3.12. The van der Waals surface area contributed by atoms with Crippen LogP contribution >= 0.6 is 11.6 Å². The molecule has 2 heterocycles. The van der Waals surface area contributed by atoms with Crippen LogP contribution in [0.25, 0.3) is 10.9 Å². The van der Waals surface area contributed by atoms with Crippen LogP contribution in [0.2, 0.25) is 5.02 Å². The van der Waals surface area contributed by atoms with E-state index in [1.54, 1.807) is 13.1 Å². The van der Waals surface area contributed by atoms with Crippen LogP contribution < -0.4 is 5.32 Å². The number of phenols is 1. The minimum atomic E-state index is -1.27. The van der Waals surface area contributed by atoms with Gasteiger partial charge in [-0.3, -0.25) is 4.79 Å². The summed E-state index contributed by atoms with van der Waals surface area (Å²) in [4.78, 5) is 39.9. The Balaban J connectivity index is 1.63. The number of rotatable bonds is 5. The predicted molar refractivity (Wildman–Crippen MR) is 113 cm³/mol. The number of cyclic esters (lactones) is 1. The van der Waals surface area contributed by atoms with Crippen molar-refractivity contribution in [2.24, 2.45) is 0 Å². The molecule has 4 rings (SSSR count). The van der Waals surface area contributed by atoms with Gasteiger partial charge in [0.05, 0.1) is 5.56 Å². The number of aromatic amines is 1. The molecule has 0 radical (unpaired) electrons. The van der Waals surface area contributed by atoms with E-state index in [-0.39, 0.29) is 22.6 Å². The number of carbonyl (C=O) groups is 3. The molecule has 0 saturated heterocycles. The summed E-state index contributed by atoms with van der Waals surface area (Å²) in [5, 5.41) is 23.6. The number of benzene rings is 2. The average molecular weight is 443 g/mol. The monoisotopic (exact) mass is 442 g/mol. The Morgan fingerprint density at radius 1 is 1.35 bits per heavy atom. The van der Waals surface area contributed by atoms with Gasteiger partial charge in [0.25, 0.3) is 5.91 Å². The number of hydrogen-bond acceptors (Lipinski definition) is 5. The first-order valence-corrected chi connectivity index (χ1v) is 9.98. The molecule has 0 aliphatic carbocycles. The highest BCUT2D eigenvalue weighted by atomic mass is 35.5. The van der Waals surface area contributed by atoms with E-state index >= 15 is 0 Å². The molecule has 2 atom stereocenters. The lowest BCUT2D eigenvalue weighted by Crippen LogP contribution is -2.42. The molecule has 31 heavy (non-hydrogen) atoms. The molecule has 9 heteroatoms. The Bertz CT molecular complexity index is 1220. The van der Waals surface area contributed by atoms with Crippen molar-refractivity contribution in [1.82, 2.24) is 10.3 Å². The number of hydrogen-bond donors (Lipinski definition) is 4. The number of para-hydroxylation sites is 1. The number of aromatic hydroxyl groups is 1. The van der Waals surface area contributed by atoms with Crippen LogP contribution in [0.3, 0.4) is 0 Å². The van der Waals surface area contributed by atoms with Crippen LogP contribution in [0.1, 0.15) is 38.8 Å². The number of carbonyl (C=O) groups excluding carboxylic acids is 2. The zero-order valence-electron chi connectivity index (χ0n) is 16.4. The van der Waals surface area contributed by atoms with Gasteiger partial charge >= 0.3 is 11.9 Å². The number of nitrogens with one attached hydrogen (secondary N) is 2. The number of fused-ring (bicyclic) bond motifs is 2. The molecule has 160 valence electrons. The van der Waals surface area contributed by atoms with E-state index in [4.69, 9.17) is 16.3 Å². The van der Waals surface area contributed by atoms with Gasteiger partial charge in [0.2, 0.25) is 0 Å². The summed E-state index contributed by atoms with van der Waals surface area (Å²) in [6, 6.07) is 7.37. The molecule has 1 amide bonds. The summed E-state index contributed by atoms with van der Waals surface area (Å²) >= 11 is 6.25. The Morgan fingerprint density at radius 2 is 2.10 bits per heavy atom. The van der Waals surface area contributed by atoms with Crippen molar-refractivity contribution in [3.05, 3.63) is 63.8 Å². The van der Waals surface area contributed by atoms with Crippen molar-refractivity contribution < 1.29 is 29.3 Å². The first-order valence-electron chi connectivity index (χ1n) is 9.60. The largest absolute Gasteiger partial charge is 0.506 e. The third-order valence-corrected chi connectivity index (χ3v) is 5.64. The van der Waals surface area contributed by atoms with E-state index in [1.807, 2.05) is 24.3 Å². The van der Waals surface area contributed by atoms with Gasteiger partial charge in [0, 0.05) is 35.0 Å². The second-order valence-electron chi connectivity index (χ2n) is 7.46. The van der Waals surface area contributed by atoms with Crippen LogP contribution in [0.4, 0.5) is 0 Å². The number of esters is 1. The van der Waals surface area contributed by atoms with Crippen LogP contribution in [0.15, 0.2) is 36.5 Å². The molecule has 1 aliphatic rings. The molecule has 1 aliphatic heterocycles. The second kappa shape index (κ2) is 7.96. The quantitative estimate of drug-likeness (QED) is 0.449. The molecule has 3 aromatic rings. The summed E-state index contributed by atoms with van der Waals surface area (Å²) in [5.74, 6) is -3.46. The molecule has 2 unspecified atom stereocenters. The zero-order chi connectivity index (χ0) is 22.3. The van der Waals surface area contributed by atoms with Gasteiger partial charge in [0.1, 0.15) is 23.5 Å². The molecular formula is C22H19ClN2O6. The lowest BCUT2D eigenvalue weighted by atomic mass is 9.95. The molecule has 0 fully saturated rings. The van der Waals surface area contributed by atoms with Crippen molar-refractivity contribution >= 4 is 40.3 Å². The molecular weight excluding hydrogens is 424 g/mol. The van der Waals surface area contributed by atoms with Gasteiger partial charge < -0.3 is 25.3 Å². The van der Waals surface area contributed by atoms with E-state index < -0.39 is 35.7 Å². The van der Waals surface area contributed by atoms with Crippen LogP contribution in [-0.2, 0) is 22.4 Å². The number of amides is 1. The second-order valence-corrected chi connectivity index (χ2v) is 7.86. The molecule has 1 aromatic heterocycles. The van der Waals surface area contributed by atoms with E-state index in [9.17, 15) is 24.6 Å². The van der Waals surface area contributed by atoms with Gasteiger partial charge in [0.15, 0.2) is 0 Å². The lowest BCUT2D eigenvalue weighted by Gasteiger charge is -2.24. The fourth-order valence-corrected chi connectivity index (χ4v) is 4.08. The fourth-order valence-electron chi connectivity index (χ4n) is 3.80. The maximum atomic E-state index is 12.8. The summed E-state index contributed by atoms with van der Waals surface area (Å²) in [6.07, 6.45) is 1.60. The summed E-state index contributed by atoms with van der Waals surface area (Å²) in [5.41, 5.74) is 1.50. The highest BCUT2D eigenvalue weighted by molar-refractivity contribution is 6.32. The zero-order valence-corrected chi connectivity index (χ0v) is 17.2. The van der Waals surface area contributed by atoms with Crippen molar-refractivity contribution in [3.8, 4) is 5.75 Å². The Morgan fingerprint density at radius 3 is 2.84 bits per heavy atom. The normalized spacial score (nSPS) is 16.5. The van der Waals surface area contributed by atoms with Crippen molar-refractivity contribution in [3.63, 3.8) is 0 Å². The third-order valence-electron chi connectivity index (χ3n) is 5.30. The van der Waals surface area contributed by atoms with Crippen LogP contribution in [0.5, 0.6) is 5.75 Å². The Labute approximate surface area is 181 Å². The highest BCUT2D eigenvalue weighted by Crippen LogP contribution is 2.36. The van der Waals surface area contributed by atoms with E-state index in [0.29, 0.717) is 17.5 Å². The summed E-state index contributed by atoms with van der Waals surface area (Å²) < 4.78 is 5.13. The molecule has 4 N–H and O–H groups in total. The Hall–Kier alpha value is -3.52. The number of phenolic OH excluding ortho intramolecular Hbond substituents is 1. The lowest BCUT2D eigenvalue weighted by molar-refractivity contribution is -0.139. The number of aliphatic carboxylic acids is 1. The maximum Gasteiger partial charge on any atom is 0.342 e. The van der Waals surface area contributed by atoms with E-state index in [1.165, 1.54) is 6.07 Å². The molecule has 8 nitrogen and oxygen atoms in total. The number of halogens is 1. The first kappa shape index (κ1) is 20.7. The predicted octanol–water partition coefficient (Wildman–Crippen LogP) is 3.05. The maximum absolute atomic E-state index is 12.8. The Kier molecular flexibility index (Phi) is 5.32. The molecule has 2 aromatic carbocycles. The fraction of sp³-hybridized carbons (Fsp3) is 0.227. The van der Waals surface area contributed by atoms with Gasteiger partial charge in [-0.2, -0.15) is 0 Å². The van der Waals surface area contributed by atoms with Gasteiger partial charge in [-0.05, 0) is 30.2 Å². The minimum absolute atomic E-state index is 0.0179. The summed E-state index contributed by atoms with van der Waals surface area (Å²) in [6.45, 7) is 1.69. The molecule has 0 spiro atoms. The minimum Gasteiger partial charge on any atom is -0.506 e. The van der Waals surface area contributed by atoms with E-state index in [2.05, 4.69) is 10.3 Å². The number of carboxylic acid groups (broad SMARTS) is 1. The standard InChI is InChI=1S/C22H19ClN2O6/c1-10-6-13-15(23)8-14(19(26)18(13)22(30)31-10)20(27)25-17(21(28)29)7-11-9-24-16-5-3-2-4-12(11)16/h2-5,8-10,17,24,26H,6-7H2,1H3,(H,25,27)(H,28,29). The first-order chi connectivity index (χ1) is 14.8. The van der Waals surface area contributed by atoms with Crippen LogP contribution in [-0.4, -0.2) is 45.2 Å². The van der Waals surface area contributed by atoms with Crippen molar-refractivity contribution in [2.45, 2.75) is 31.9 Å². The number of ether oxygens (including phenoxy) is 1. The number of H-pyrrole nitrogens is 1. The third kappa shape index (κ3) is 3.82. The topological polar surface area (TPSA) is 129 Å². The smallest absolute Gasteiger partial charge is 0.342 e. The SMILES string of the molecule is CC1Cc2c(Cl)cc(C(=O)NC(Cc3c[nH]c4ccccc34)C(=O)O)c(O)c2C(=O)O1. The van der Waals surface area contributed by atoms with Crippen molar-refractivity contribution in [1.29, 1.82) is 0 Å².